The first kappa shape index (κ1) is 17.5. The van der Waals surface area contributed by atoms with E-state index in [1.807, 2.05) is 12.1 Å². The van der Waals surface area contributed by atoms with Gasteiger partial charge in [0.05, 0.1) is 6.26 Å². The van der Waals surface area contributed by atoms with Crippen molar-refractivity contribution in [2.75, 3.05) is 12.4 Å². The van der Waals surface area contributed by atoms with Gasteiger partial charge in [-0.2, -0.15) is 0 Å². The van der Waals surface area contributed by atoms with Crippen molar-refractivity contribution in [3.63, 3.8) is 0 Å². The summed E-state index contributed by atoms with van der Waals surface area (Å²) in [4.78, 5) is 38.9. The summed E-state index contributed by atoms with van der Waals surface area (Å²) in [5.74, 6) is -1.97. The van der Waals surface area contributed by atoms with E-state index in [1.165, 1.54) is 18.4 Å². The van der Waals surface area contributed by atoms with Crippen LogP contribution in [0.4, 0.5) is 0 Å². The summed E-state index contributed by atoms with van der Waals surface area (Å²) in [6.45, 7) is -0.536. The second-order valence-electron chi connectivity index (χ2n) is 4.88. The van der Waals surface area contributed by atoms with Crippen molar-refractivity contribution < 1.29 is 28.0 Å². The first-order chi connectivity index (χ1) is 12.6. The number of para-hydroxylation sites is 2. The minimum absolute atomic E-state index is 0.0389. The molecular weight excluding hydrogens is 362 g/mol. The summed E-state index contributed by atoms with van der Waals surface area (Å²) < 4.78 is 15.1. The van der Waals surface area contributed by atoms with Gasteiger partial charge >= 0.3 is 11.9 Å². The van der Waals surface area contributed by atoms with E-state index < -0.39 is 24.4 Å². The normalized spacial score (nSPS) is 10.5. The number of nitrogens with one attached hydrogen (secondary N) is 2. The van der Waals surface area contributed by atoms with Crippen LogP contribution in [0.2, 0.25) is 0 Å². The largest absolute Gasteiger partial charge is 0.459 e. The molecule has 2 heterocycles. The van der Waals surface area contributed by atoms with Crippen molar-refractivity contribution >= 4 is 40.6 Å². The fourth-order valence-electron chi connectivity index (χ4n) is 1.85. The molecule has 0 aliphatic heterocycles. The zero-order chi connectivity index (χ0) is 18.4. The SMILES string of the molecule is O=C(COC(=O)CSc1nc2ccccc2o1)NNC(=O)c1ccco1. The van der Waals surface area contributed by atoms with Crippen LogP contribution in [0.15, 0.2) is 56.7 Å². The molecule has 1 aromatic carbocycles. The van der Waals surface area contributed by atoms with Crippen molar-refractivity contribution in [1.82, 2.24) is 15.8 Å². The number of nitrogens with zero attached hydrogens (tertiary/aromatic N) is 1. The number of esters is 1. The quantitative estimate of drug-likeness (QED) is 0.378. The highest BCUT2D eigenvalue weighted by molar-refractivity contribution is 7.99. The Hall–Kier alpha value is -3.27. The van der Waals surface area contributed by atoms with Gasteiger partial charge in [-0.1, -0.05) is 23.9 Å². The Morgan fingerprint density at radius 2 is 1.96 bits per heavy atom. The standard InChI is InChI=1S/C16H13N3O6S/c20-13(18-19-15(22)12-6-3-7-23-12)8-24-14(21)9-26-16-17-10-4-1-2-5-11(10)25-16/h1-7H,8-9H2,(H,18,20)(H,19,22). The van der Waals surface area contributed by atoms with E-state index in [0.717, 1.165) is 11.8 Å². The molecular formula is C16H13N3O6S. The van der Waals surface area contributed by atoms with E-state index in [1.54, 1.807) is 12.1 Å². The molecule has 134 valence electrons. The van der Waals surface area contributed by atoms with Crippen LogP contribution in [-0.4, -0.2) is 35.1 Å². The maximum Gasteiger partial charge on any atom is 0.316 e. The fraction of sp³-hybridized carbons (Fsp3) is 0.125. The molecule has 0 unspecified atom stereocenters. The van der Waals surface area contributed by atoms with Crippen LogP contribution in [0.1, 0.15) is 10.6 Å². The number of carbonyl (C=O) groups excluding carboxylic acids is 3. The maximum absolute atomic E-state index is 11.7. The van der Waals surface area contributed by atoms with Crippen LogP contribution in [-0.2, 0) is 14.3 Å². The number of hydrogen-bond acceptors (Lipinski definition) is 8. The zero-order valence-corrected chi connectivity index (χ0v) is 14.1. The second-order valence-corrected chi connectivity index (χ2v) is 5.80. The van der Waals surface area contributed by atoms with E-state index in [2.05, 4.69) is 15.8 Å². The molecule has 2 amide bonds. The van der Waals surface area contributed by atoms with Gasteiger partial charge in [0.2, 0.25) is 0 Å². The van der Waals surface area contributed by atoms with Crippen LogP contribution in [0.3, 0.4) is 0 Å². The average molecular weight is 375 g/mol. The Morgan fingerprint density at radius 1 is 1.12 bits per heavy atom. The minimum atomic E-state index is -0.690. The third-order valence-corrected chi connectivity index (χ3v) is 3.81. The smallest absolute Gasteiger partial charge is 0.316 e. The number of amides is 2. The molecule has 0 aliphatic carbocycles. The third-order valence-electron chi connectivity index (χ3n) is 3.01. The molecule has 2 aromatic heterocycles. The lowest BCUT2D eigenvalue weighted by molar-refractivity contribution is -0.146. The average Bonchev–Trinajstić information content (AvgIpc) is 3.31. The van der Waals surface area contributed by atoms with Crippen molar-refractivity contribution in [1.29, 1.82) is 0 Å². The van der Waals surface area contributed by atoms with E-state index in [0.29, 0.717) is 16.3 Å². The number of hydrogen-bond donors (Lipinski definition) is 2. The Kier molecular flexibility index (Phi) is 5.54. The summed E-state index contributed by atoms with van der Waals surface area (Å²) in [5.41, 5.74) is 5.54. The molecule has 0 bridgehead atoms. The van der Waals surface area contributed by atoms with Crippen LogP contribution in [0, 0.1) is 0 Å². The van der Waals surface area contributed by atoms with Crippen LogP contribution in [0.5, 0.6) is 0 Å². The van der Waals surface area contributed by atoms with Gasteiger partial charge < -0.3 is 13.6 Å². The van der Waals surface area contributed by atoms with E-state index in [9.17, 15) is 14.4 Å². The zero-order valence-electron chi connectivity index (χ0n) is 13.3. The highest BCUT2D eigenvalue weighted by Gasteiger charge is 2.13. The lowest BCUT2D eigenvalue weighted by atomic mass is 10.3. The van der Waals surface area contributed by atoms with Crippen LogP contribution < -0.4 is 10.9 Å². The van der Waals surface area contributed by atoms with Crippen molar-refractivity contribution in [3.8, 4) is 0 Å². The molecule has 0 aliphatic rings. The highest BCUT2D eigenvalue weighted by Crippen LogP contribution is 2.22. The Morgan fingerprint density at radius 3 is 2.73 bits per heavy atom. The van der Waals surface area contributed by atoms with Gasteiger partial charge in [-0.05, 0) is 24.3 Å². The van der Waals surface area contributed by atoms with Gasteiger partial charge in [0, 0.05) is 0 Å². The van der Waals surface area contributed by atoms with E-state index in [4.69, 9.17) is 13.6 Å². The molecule has 0 fully saturated rings. The van der Waals surface area contributed by atoms with Crippen molar-refractivity contribution in [2.45, 2.75) is 5.22 Å². The molecule has 0 saturated heterocycles. The molecule has 3 rings (SSSR count). The molecule has 0 spiro atoms. The maximum atomic E-state index is 11.7. The lowest BCUT2D eigenvalue weighted by Crippen LogP contribution is -2.43. The van der Waals surface area contributed by atoms with Gasteiger partial charge in [-0.15, -0.1) is 0 Å². The predicted octanol–water partition coefficient (Wildman–Crippen LogP) is 1.52. The molecule has 9 nitrogen and oxygen atoms in total. The Labute approximate surface area is 151 Å². The number of hydrazine groups is 1. The summed E-state index contributed by atoms with van der Waals surface area (Å²) in [6.07, 6.45) is 1.33. The number of rotatable bonds is 6. The summed E-state index contributed by atoms with van der Waals surface area (Å²) >= 11 is 1.06. The van der Waals surface area contributed by atoms with Crippen molar-refractivity contribution in [3.05, 3.63) is 48.4 Å². The molecule has 3 aromatic rings. The van der Waals surface area contributed by atoms with E-state index in [-0.39, 0.29) is 11.5 Å². The number of thioether (sulfide) groups is 1. The predicted molar refractivity (Wildman–Crippen MR) is 90.0 cm³/mol. The molecule has 26 heavy (non-hydrogen) atoms. The first-order valence-corrected chi connectivity index (χ1v) is 8.37. The Balaban J connectivity index is 1.36. The summed E-state index contributed by atoms with van der Waals surface area (Å²) in [7, 11) is 0. The number of aromatic nitrogens is 1. The number of carbonyl (C=O) groups is 3. The fourth-order valence-corrected chi connectivity index (χ4v) is 2.49. The molecule has 0 radical (unpaired) electrons. The van der Waals surface area contributed by atoms with Gasteiger partial charge in [-0.3, -0.25) is 25.2 Å². The van der Waals surface area contributed by atoms with Gasteiger partial charge in [0.1, 0.15) is 11.3 Å². The number of fused-ring (bicyclic) bond motifs is 1. The highest BCUT2D eigenvalue weighted by atomic mass is 32.2. The van der Waals surface area contributed by atoms with Gasteiger partial charge in [0.15, 0.2) is 18.0 Å². The van der Waals surface area contributed by atoms with Crippen molar-refractivity contribution in [2.24, 2.45) is 0 Å². The van der Waals surface area contributed by atoms with Gasteiger partial charge in [-0.25, -0.2) is 4.98 Å². The number of ether oxygens (including phenoxy) is 1. The molecule has 0 saturated carbocycles. The summed E-state index contributed by atoms with van der Waals surface area (Å²) in [5, 5.41) is 0.332. The van der Waals surface area contributed by atoms with E-state index >= 15 is 0 Å². The lowest BCUT2D eigenvalue weighted by Gasteiger charge is -2.06. The minimum Gasteiger partial charge on any atom is -0.459 e. The molecule has 2 N–H and O–H groups in total. The number of furan rings is 1. The number of oxazole rings is 1. The second kappa shape index (κ2) is 8.21. The monoisotopic (exact) mass is 375 g/mol. The summed E-state index contributed by atoms with van der Waals surface area (Å²) in [6, 6.07) is 10.2. The van der Waals surface area contributed by atoms with Gasteiger partial charge in [0.25, 0.3) is 11.1 Å². The van der Waals surface area contributed by atoms with Crippen LogP contribution >= 0.6 is 11.8 Å². The number of benzene rings is 1. The molecule has 0 atom stereocenters. The molecule has 10 heteroatoms. The third kappa shape index (κ3) is 4.63. The Bertz CT molecular complexity index is 888. The van der Waals surface area contributed by atoms with Crippen LogP contribution in [0.25, 0.3) is 11.1 Å². The topological polar surface area (TPSA) is 124 Å². The first-order valence-electron chi connectivity index (χ1n) is 7.38.